The molecule has 1 atom stereocenters. The zero-order valence-electron chi connectivity index (χ0n) is 11.1. The second-order valence-corrected chi connectivity index (χ2v) is 5.83. The lowest BCUT2D eigenvalue weighted by Crippen LogP contribution is -2.68. The Morgan fingerprint density at radius 3 is 2.89 bits per heavy atom. The molecule has 0 saturated carbocycles. The predicted octanol–water partition coefficient (Wildman–Crippen LogP) is 1.80. The molecule has 0 aliphatic carbocycles. The van der Waals surface area contributed by atoms with Crippen LogP contribution in [0.4, 0.5) is 0 Å². The molecule has 1 aromatic carbocycles. The van der Waals surface area contributed by atoms with Gasteiger partial charge in [-0.1, -0.05) is 31.5 Å². The molecule has 1 fully saturated rings. The van der Waals surface area contributed by atoms with Crippen LogP contribution >= 0.6 is 0 Å². The van der Waals surface area contributed by atoms with Crippen molar-refractivity contribution < 1.29 is 4.74 Å². The molecule has 1 unspecified atom stereocenters. The van der Waals surface area contributed by atoms with E-state index in [1.165, 1.54) is 12.0 Å². The van der Waals surface area contributed by atoms with Gasteiger partial charge in [0.25, 0.3) is 0 Å². The fourth-order valence-electron chi connectivity index (χ4n) is 3.27. The van der Waals surface area contributed by atoms with Crippen molar-refractivity contribution in [3.8, 4) is 5.75 Å². The predicted molar refractivity (Wildman–Crippen MR) is 72.8 cm³/mol. The molecular formula is C15H22N2O. The molecule has 2 aliphatic heterocycles. The number of hydrogen-bond donors (Lipinski definition) is 1. The van der Waals surface area contributed by atoms with Crippen molar-refractivity contribution in [2.75, 3.05) is 19.6 Å². The number of fused-ring (bicyclic) bond motifs is 1. The monoisotopic (exact) mass is 246 g/mol. The number of likely N-dealkylation sites (tertiary alicyclic amines) is 1. The van der Waals surface area contributed by atoms with E-state index in [0.717, 1.165) is 38.2 Å². The average Bonchev–Trinajstić information content (AvgIpc) is 2.69. The quantitative estimate of drug-likeness (QED) is 0.880. The van der Waals surface area contributed by atoms with Gasteiger partial charge in [0.05, 0.1) is 0 Å². The first-order valence-corrected chi connectivity index (χ1v) is 6.94. The molecule has 2 N–H and O–H groups in total. The Morgan fingerprint density at radius 2 is 2.17 bits per heavy atom. The zero-order chi connectivity index (χ0) is 12.6. The maximum absolute atomic E-state index is 6.28. The maximum Gasteiger partial charge on any atom is 0.123 e. The third-order valence-electron chi connectivity index (χ3n) is 4.00. The van der Waals surface area contributed by atoms with Crippen LogP contribution in [0.2, 0.25) is 0 Å². The molecule has 98 valence electrons. The van der Waals surface area contributed by atoms with Gasteiger partial charge in [0.15, 0.2) is 0 Å². The Bertz CT molecular complexity index is 401. The van der Waals surface area contributed by atoms with Crippen LogP contribution in [0.15, 0.2) is 24.3 Å². The molecule has 2 aliphatic rings. The van der Waals surface area contributed by atoms with Crippen molar-refractivity contribution in [1.82, 2.24) is 4.90 Å². The molecule has 0 radical (unpaired) electrons. The summed E-state index contributed by atoms with van der Waals surface area (Å²) in [7, 11) is 0. The Kier molecular flexibility index (Phi) is 3.04. The van der Waals surface area contributed by atoms with Gasteiger partial charge in [-0.25, -0.2) is 0 Å². The van der Waals surface area contributed by atoms with Crippen LogP contribution in [0.25, 0.3) is 0 Å². The van der Waals surface area contributed by atoms with Gasteiger partial charge in [-0.3, -0.25) is 4.90 Å². The Balaban J connectivity index is 1.50. The lowest BCUT2D eigenvalue weighted by atomic mass is 9.86. The average molecular weight is 246 g/mol. The molecule has 1 saturated heterocycles. The van der Waals surface area contributed by atoms with Crippen LogP contribution < -0.4 is 10.5 Å². The Morgan fingerprint density at radius 1 is 1.39 bits per heavy atom. The van der Waals surface area contributed by atoms with Crippen molar-refractivity contribution in [3.63, 3.8) is 0 Å². The second kappa shape index (κ2) is 4.56. The van der Waals surface area contributed by atoms with Gasteiger partial charge in [0, 0.05) is 31.6 Å². The van der Waals surface area contributed by atoms with E-state index in [1.807, 2.05) is 6.07 Å². The summed E-state index contributed by atoms with van der Waals surface area (Å²) < 4.78 is 5.96. The van der Waals surface area contributed by atoms with Crippen molar-refractivity contribution in [1.29, 1.82) is 0 Å². The van der Waals surface area contributed by atoms with Gasteiger partial charge in [-0.2, -0.15) is 0 Å². The molecule has 3 nitrogen and oxygen atoms in total. The summed E-state index contributed by atoms with van der Waals surface area (Å²) in [6, 6.07) is 8.35. The summed E-state index contributed by atoms with van der Waals surface area (Å²) in [4.78, 5) is 2.42. The van der Waals surface area contributed by atoms with Crippen LogP contribution in [-0.4, -0.2) is 36.2 Å². The maximum atomic E-state index is 6.28. The largest absolute Gasteiger partial charge is 0.488 e. The summed E-state index contributed by atoms with van der Waals surface area (Å²) in [6.45, 7) is 5.26. The van der Waals surface area contributed by atoms with E-state index in [4.69, 9.17) is 10.5 Å². The van der Waals surface area contributed by atoms with Gasteiger partial charge in [-0.15, -0.1) is 0 Å². The molecule has 2 heterocycles. The van der Waals surface area contributed by atoms with Crippen LogP contribution in [0.3, 0.4) is 0 Å². The first kappa shape index (κ1) is 12.0. The lowest BCUT2D eigenvalue weighted by molar-refractivity contribution is 0.0322. The van der Waals surface area contributed by atoms with Gasteiger partial charge in [-0.05, 0) is 18.1 Å². The highest BCUT2D eigenvalue weighted by atomic mass is 16.5. The summed E-state index contributed by atoms with van der Waals surface area (Å²) in [5.74, 6) is 1.07. The number of nitrogens with two attached hydrogens (primary N) is 1. The number of nitrogens with zero attached hydrogens (tertiary/aromatic N) is 1. The van der Waals surface area contributed by atoms with E-state index < -0.39 is 0 Å². The Labute approximate surface area is 109 Å². The standard InChI is InChI=1S/C15H22N2O/c1-2-7-15(16)10-17(11-15)9-13-8-12-5-3-4-6-14(12)18-13/h3-6,13H,2,7-11,16H2,1H3. The highest BCUT2D eigenvalue weighted by molar-refractivity contribution is 5.37. The molecule has 3 heteroatoms. The summed E-state index contributed by atoms with van der Waals surface area (Å²) in [5, 5.41) is 0. The second-order valence-electron chi connectivity index (χ2n) is 5.83. The summed E-state index contributed by atoms with van der Waals surface area (Å²) >= 11 is 0. The lowest BCUT2D eigenvalue weighted by Gasteiger charge is -2.48. The molecule has 0 bridgehead atoms. The van der Waals surface area contributed by atoms with E-state index >= 15 is 0 Å². The molecule has 0 spiro atoms. The number of para-hydroxylation sites is 1. The van der Waals surface area contributed by atoms with Crippen LogP contribution in [0, 0.1) is 0 Å². The molecule has 3 rings (SSSR count). The number of hydrogen-bond acceptors (Lipinski definition) is 3. The highest BCUT2D eigenvalue weighted by Crippen LogP contribution is 2.30. The molecule has 1 aromatic rings. The minimum absolute atomic E-state index is 0.0696. The molecule has 0 aromatic heterocycles. The molecule has 0 amide bonds. The van der Waals surface area contributed by atoms with Gasteiger partial charge >= 0.3 is 0 Å². The van der Waals surface area contributed by atoms with E-state index in [9.17, 15) is 0 Å². The van der Waals surface area contributed by atoms with Gasteiger partial charge in [0.1, 0.15) is 11.9 Å². The third-order valence-corrected chi connectivity index (χ3v) is 4.00. The number of benzene rings is 1. The highest BCUT2D eigenvalue weighted by Gasteiger charge is 2.40. The van der Waals surface area contributed by atoms with E-state index in [0.29, 0.717) is 6.10 Å². The summed E-state index contributed by atoms with van der Waals surface area (Å²) in [5.41, 5.74) is 7.69. The fourth-order valence-corrected chi connectivity index (χ4v) is 3.27. The normalized spacial score (nSPS) is 25.3. The first-order valence-electron chi connectivity index (χ1n) is 6.94. The van der Waals surface area contributed by atoms with E-state index in [2.05, 4.69) is 30.0 Å². The smallest absolute Gasteiger partial charge is 0.123 e. The van der Waals surface area contributed by atoms with Crippen LogP contribution in [-0.2, 0) is 6.42 Å². The van der Waals surface area contributed by atoms with Crippen molar-refractivity contribution in [3.05, 3.63) is 29.8 Å². The van der Waals surface area contributed by atoms with E-state index in [-0.39, 0.29) is 5.54 Å². The topological polar surface area (TPSA) is 38.5 Å². The SMILES string of the molecule is CCCC1(N)CN(CC2Cc3ccccc3O2)C1. The molecular weight excluding hydrogens is 224 g/mol. The minimum Gasteiger partial charge on any atom is -0.488 e. The number of ether oxygens (including phenoxy) is 1. The van der Waals surface area contributed by atoms with Crippen LogP contribution in [0.5, 0.6) is 5.75 Å². The van der Waals surface area contributed by atoms with Crippen molar-refractivity contribution >= 4 is 0 Å². The zero-order valence-corrected chi connectivity index (χ0v) is 11.1. The minimum atomic E-state index is 0.0696. The Hall–Kier alpha value is -1.06. The fraction of sp³-hybridized carbons (Fsp3) is 0.600. The first-order chi connectivity index (χ1) is 8.68. The van der Waals surface area contributed by atoms with Crippen LogP contribution in [0.1, 0.15) is 25.3 Å². The number of rotatable bonds is 4. The van der Waals surface area contributed by atoms with Crippen molar-refractivity contribution in [2.45, 2.75) is 37.8 Å². The molecule has 18 heavy (non-hydrogen) atoms. The third kappa shape index (κ3) is 2.25. The van der Waals surface area contributed by atoms with Gasteiger partial charge in [0.2, 0.25) is 0 Å². The van der Waals surface area contributed by atoms with E-state index in [1.54, 1.807) is 0 Å². The van der Waals surface area contributed by atoms with Gasteiger partial charge < -0.3 is 10.5 Å². The van der Waals surface area contributed by atoms with Crippen molar-refractivity contribution in [2.24, 2.45) is 5.73 Å². The summed E-state index contributed by atoms with van der Waals surface area (Å²) in [6.07, 6.45) is 3.66.